The van der Waals surface area contributed by atoms with Gasteiger partial charge in [0.15, 0.2) is 0 Å². The van der Waals surface area contributed by atoms with Crippen LogP contribution in [-0.4, -0.2) is 46.4 Å². The minimum absolute atomic E-state index is 0.300. The van der Waals surface area contributed by atoms with Crippen LogP contribution >= 0.6 is 23.2 Å². The maximum absolute atomic E-state index is 12.6. The van der Waals surface area contributed by atoms with Gasteiger partial charge >= 0.3 is 5.97 Å². The van der Waals surface area contributed by atoms with E-state index in [4.69, 9.17) is 28.3 Å². The second-order valence-electron chi connectivity index (χ2n) is 5.38. The number of nitrogens with zero attached hydrogens (tertiary/aromatic N) is 1. The highest BCUT2D eigenvalue weighted by Crippen LogP contribution is 2.24. The molecule has 0 aromatic heterocycles. The van der Waals surface area contributed by atoms with E-state index in [1.165, 1.54) is 30.0 Å². The van der Waals surface area contributed by atoms with E-state index in [2.05, 4.69) is 5.32 Å². The summed E-state index contributed by atoms with van der Waals surface area (Å²) in [5, 5.41) is 11.9. The maximum atomic E-state index is 12.6. The van der Waals surface area contributed by atoms with Crippen molar-refractivity contribution in [2.24, 2.45) is 0 Å². The molecule has 124 valence electrons. The molecule has 1 aromatic rings. The average Bonchev–Trinajstić information content (AvgIpc) is 2.94. The number of rotatable bonds is 4. The van der Waals surface area contributed by atoms with Gasteiger partial charge in [-0.05, 0) is 38.0 Å². The molecule has 8 heteroatoms. The lowest BCUT2D eigenvalue weighted by Gasteiger charge is -2.25. The van der Waals surface area contributed by atoms with Gasteiger partial charge in [-0.25, -0.2) is 0 Å². The zero-order valence-electron chi connectivity index (χ0n) is 12.4. The van der Waals surface area contributed by atoms with Crippen LogP contribution in [0.25, 0.3) is 0 Å². The van der Waals surface area contributed by atoms with E-state index in [-0.39, 0.29) is 5.91 Å². The van der Waals surface area contributed by atoms with E-state index in [0.717, 1.165) is 0 Å². The van der Waals surface area contributed by atoms with Crippen molar-refractivity contribution in [3.8, 4) is 0 Å². The number of carbonyl (C=O) groups is 3. The molecule has 2 unspecified atom stereocenters. The Morgan fingerprint density at radius 2 is 1.87 bits per heavy atom. The lowest BCUT2D eigenvalue weighted by molar-refractivity contribution is -0.141. The van der Waals surface area contributed by atoms with Crippen molar-refractivity contribution in [2.45, 2.75) is 31.8 Å². The summed E-state index contributed by atoms with van der Waals surface area (Å²) in [5.41, 5.74) is 0.300. The molecule has 0 aliphatic carbocycles. The number of carbonyl (C=O) groups excluding carboxylic acids is 2. The number of hydrogen-bond acceptors (Lipinski definition) is 3. The molecule has 1 aliphatic rings. The standard InChI is InChI=1S/C15H16Cl2N2O4/c1-8(15(22)23)18-13(20)12-3-2-4-19(12)14(21)9-5-10(16)7-11(17)6-9/h5-8,12H,2-4H2,1H3,(H,18,20)(H,22,23). The molecule has 1 saturated heterocycles. The van der Waals surface area contributed by atoms with Gasteiger partial charge in [-0.2, -0.15) is 0 Å². The van der Waals surface area contributed by atoms with Crippen LogP contribution in [0.1, 0.15) is 30.1 Å². The van der Waals surface area contributed by atoms with Gasteiger partial charge < -0.3 is 15.3 Å². The van der Waals surface area contributed by atoms with Crippen LogP contribution in [0.4, 0.5) is 0 Å². The molecule has 2 rings (SSSR count). The predicted molar refractivity (Wildman–Crippen MR) is 85.8 cm³/mol. The number of hydrogen-bond donors (Lipinski definition) is 2. The van der Waals surface area contributed by atoms with Crippen LogP contribution in [0, 0.1) is 0 Å². The zero-order valence-corrected chi connectivity index (χ0v) is 13.9. The molecule has 2 amide bonds. The molecular weight excluding hydrogens is 343 g/mol. The van der Waals surface area contributed by atoms with E-state index in [0.29, 0.717) is 35.0 Å². The number of likely N-dealkylation sites (tertiary alicyclic amines) is 1. The second-order valence-corrected chi connectivity index (χ2v) is 6.26. The lowest BCUT2D eigenvalue weighted by atomic mass is 10.1. The van der Waals surface area contributed by atoms with Crippen LogP contribution in [0.3, 0.4) is 0 Å². The van der Waals surface area contributed by atoms with Gasteiger partial charge in [0.1, 0.15) is 12.1 Å². The van der Waals surface area contributed by atoms with Crippen molar-refractivity contribution < 1.29 is 19.5 Å². The van der Waals surface area contributed by atoms with Crippen molar-refractivity contribution >= 4 is 41.0 Å². The number of amides is 2. The number of carboxylic acid groups (broad SMARTS) is 1. The smallest absolute Gasteiger partial charge is 0.325 e. The summed E-state index contributed by atoms with van der Waals surface area (Å²) in [7, 11) is 0. The van der Waals surface area contributed by atoms with Crippen LogP contribution in [0.2, 0.25) is 10.0 Å². The number of aliphatic carboxylic acids is 1. The highest BCUT2D eigenvalue weighted by atomic mass is 35.5. The highest BCUT2D eigenvalue weighted by Gasteiger charge is 2.35. The quantitative estimate of drug-likeness (QED) is 0.863. The van der Waals surface area contributed by atoms with Crippen molar-refractivity contribution in [1.29, 1.82) is 0 Å². The molecule has 0 saturated carbocycles. The fourth-order valence-electron chi connectivity index (χ4n) is 2.50. The average molecular weight is 359 g/mol. The SMILES string of the molecule is CC(NC(=O)C1CCCN1C(=O)c1cc(Cl)cc(Cl)c1)C(=O)O. The number of nitrogens with one attached hydrogen (secondary N) is 1. The molecule has 1 heterocycles. The Hall–Kier alpha value is -1.79. The van der Waals surface area contributed by atoms with Crippen molar-refractivity contribution in [3.63, 3.8) is 0 Å². The van der Waals surface area contributed by atoms with Gasteiger partial charge in [0.25, 0.3) is 5.91 Å². The molecular formula is C15H16Cl2N2O4. The molecule has 0 bridgehead atoms. The summed E-state index contributed by atoms with van der Waals surface area (Å²) in [5.74, 6) is -1.95. The van der Waals surface area contributed by atoms with Crippen LogP contribution in [-0.2, 0) is 9.59 Å². The fourth-order valence-corrected chi connectivity index (χ4v) is 3.02. The normalized spacial score (nSPS) is 18.6. The van der Waals surface area contributed by atoms with E-state index in [1.807, 2.05) is 0 Å². The van der Waals surface area contributed by atoms with Gasteiger partial charge in [-0.1, -0.05) is 23.2 Å². The van der Waals surface area contributed by atoms with Gasteiger partial charge in [-0.3, -0.25) is 14.4 Å². The Bertz CT molecular complexity index is 630. The first-order valence-corrected chi connectivity index (χ1v) is 7.85. The van der Waals surface area contributed by atoms with E-state index >= 15 is 0 Å². The Balaban J connectivity index is 2.16. The van der Waals surface area contributed by atoms with E-state index < -0.39 is 24.0 Å². The third-order valence-corrected chi connectivity index (χ3v) is 4.09. The van der Waals surface area contributed by atoms with Crippen molar-refractivity contribution in [3.05, 3.63) is 33.8 Å². The summed E-state index contributed by atoms with van der Waals surface area (Å²) < 4.78 is 0. The highest BCUT2D eigenvalue weighted by molar-refractivity contribution is 6.35. The zero-order chi connectivity index (χ0) is 17.1. The maximum Gasteiger partial charge on any atom is 0.325 e. The summed E-state index contributed by atoms with van der Waals surface area (Å²) in [6.07, 6.45) is 1.15. The van der Waals surface area contributed by atoms with Crippen molar-refractivity contribution in [1.82, 2.24) is 10.2 Å². The summed E-state index contributed by atoms with van der Waals surface area (Å²) >= 11 is 11.8. The lowest BCUT2D eigenvalue weighted by Crippen LogP contribution is -2.50. The first kappa shape index (κ1) is 17.6. The van der Waals surface area contributed by atoms with Gasteiger partial charge in [0, 0.05) is 22.2 Å². The molecule has 1 aromatic carbocycles. The summed E-state index contributed by atoms with van der Waals surface area (Å²) in [6, 6.07) is 2.79. The molecule has 2 atom stereocenters. The molecule has 2 N–H and O–H groups in total. The molecule has 1 fully saturated rings. The minimum Gasteiger partial charge on any atom is -0.480 e. The van der Waals surface area contributed by atoms with Gasteiger partial charge in [-0.15, -0.1) is 0 Å². The largest absolute Gasteiger partial charge is 0.480 e. The number of halogens is 2. The van der Waals surface area contributed by atoms with Crippen LogP contribution in [0.15, 0.2) is 18.2 Å². The predicted octanol–water partition coefficient (Wildman–Crippen LogP) is 2.19. The Morgan fingerprint density at radius 3 is 2.43 bits per heavy atom. The van der Waals surface area contributed by atoms with Crippen LogP contribution < -0.4 is 5.32 Å². The van der Waals surface area contributed by atoms with Gasteiger partial charge in [0.2, 0.25) is 5.91 Å². The molecule has 23 heavy (non-hydrogen) atoms. The monoisotopic (exact) mass is 358 g/mol. The van der Waals surface area contributed by atoms with Crippen molar-refractivity contribution in [2.75, 3.05) is 6.54 Å². The minimum atomic E-state index is -1.13. The van der Waals surface area contributed by atoms with E-state index in [9.17, 15) is 14.4 Å². The Morgan fingerprint density at radius 1 is 1.26 bits per heavy atom. The fraction of sp³-hybridized carbons (Fsp3) is 0.400. The molecule has 6 nitrogen and oxygen atoms in total. The third-order valence-electron chi connectivity index (χ3n) is 3.66. The Kier molecular flexibility index (Phi) is 5.49. The van der Waals surface area contributed by atoms with Gasteiger partial charge in [0.05, 0.1) is 0 Å². The number of carboxylic acids is 1. The molecule has 0 radical (unpaired) electrons. The summed E-state index contributed by atoms with van der Waals surface area (Å²) in [4.78, 5) is 37.1. The second kappa shape index (κ2) is 7.19. The first-order chi connectivity index (χ1) is 10.8. The molecule has 0 spiro atoms. The first-order valence-electron chi connectivity index (χ1n) is 7.10. The van der Waals surface area contributed by atoms with E-state index in [1.54, 1.807) is 0 Å². The van der Waals surface area contributed by atoms with Crippen LogP contribution in [0.5, 0.6) is 0 Å². The Labute approximate surface area is 143 Å². The molecule has 1 aliphatic heterocycles. The third kappa shape index (κ3) is 4.14. The topological polar surface area (TPSA) is 86.7 Å². The number of benzene rings is 1. The summed E-state index contributed by atoms with van der Waals surface area (Å²) in [6.45, 7) is 1.79.